The lowest BCUT2D eigenvalue weighted by molar-refractivity contribution is -0.141. The normalized spacial score (nSPS) is 20.1. The number of hydrogen-bond donors (Lipinski definition) is 1. The fourth-order valence-electron chi connectivity index (χ4n) is 2.17. The molecule has 0 saturated heterocycles. The SMILES string of the molecule is CC1CCCn2c1nc(C(F)(F)F)c2C(=O)O. The summed E-state index contributed by atoms with van der Waals surface area (Å²) in [6, 6.07) is 0. The van der Waals surface area contributed by atoms with E-state index in [-0.39, 0.29) is 18.3 Å². The van der Waals surface area contributed by atoms with Crippen molar-refractivity contribution in [1.29, 1.82) is 0 Å². The fraction of sp³-hybridized carbons (Fsp3) is 0.600. The smallest absolute Gasteiger partial charge is 0.435 e. The number of carboxylic acids is 1. The number of aromatic carboxylic acids is 1. The molecule has 1 aromatic heterocycles. The Bertz CT molecular complexity index is 465. The molecule has 17 heavy (non-hydrogen) atoms. The number of halogens is 3. The quantitative estimate of drug-likeness (QED) is 0.830. The summed E-state index contributed by atoms with van der Waals surface area (Å²) in [7, 11) is 0. The number of carbonyl (C=O) groups is 1. The van der Waals surface area contributed by atoms with Crippen LogP contribution in [0.5, 0.6) is 0 Å². The van der Waals surface area contributed by atoms with Crippen LogP contribution in [0, 0.1) is 0 Å². The molecule has 0 aliphatic carbocycles. The van der Waals surface area contributed by atoms with Crippen molar-refractivity contribution in [2.24, 2.45) is 0 Å². The van der Waals surface area contributed by atoms with Crippen molar-refractivity contribution < 1.29 is 23.1 Å². The standard InChI is InChI=1S/C10H11F3N2O2/c1-5-3-2-4-15-6(9(16)17)7(10(11,12)13)14-8(5)15/h5H,2-4H2,1H3,(H,16,17). The Labute approximate surface area is 95.1 Å². The molecule has 0 aromatic carbocycles. The van der Waals surface area contributed by atoms with Crippen molar-refractivity contribution in [3.63, 3.8) is 0 Å². The number of fused-ring (bicyclic) bond motifs is 1. The molecule has 4 nitrogen and oxygen atoms in total. The van der Waals surface area contributed by atoms with Crippen molar-refractivity contribution >= 4 is 5.97 Å². The molecule has 1 N–H and O–H groups in total. The Balaban J connectivity index is 2.65. The molecule has 7 heteroatoms. The number of carboxylic acid groups (broad SMARTS) is 1. The molecule has 1 unspecified atom stereocenters. The molecule has 94 valence electrons. The topological polar surface area (TPSA) is 55.1 Å². The molecule has 0 fully saturated rings. The van der Waals surface area contributed by atoms with Gasteiger partial charge in [-0.15, -0.1) is 0 Å². The monoisotopic (exact) mass is 248 g/mol. The van der Waals surface area contributed by atoms with Gasteiger partial charge >= 0.3 is 12.1 Å². The molecule has 2 rings (SSSR count). The number of hydrogen-bond acceptors (Lipinski definition) is 2. The Hall–Kier alpha value is -1.53. The van der Waals surface area contributed by atoms with E-state index >= 15 is 0 Å². The van der Waals surface area contributed by atoms with Gasteiger partial charge in [-0.2, -0.15) is 13.2 Å². The van der Waals surface area contributed by atoms with Gasteiger partial charge in [-0.05, 0) is 12.8 Å². The maximum Gasteiger partial charge on any atom is 0.435 e. The molecule has 0 bridgehead atoms. The lowest BCUT2D eigenvalue weighted by Crippen LogP contribution is -2.19. The lowest BCUT2D eigenvalue weighted by Gasteiger charge is -2.20. The van der Waals surface area contributed by atoms with E-state index in [0.29, 0.717) is 6.42 Å². The number of imidazole rings is 1. The van der Waals surface area contributed by atoms with Crippen LogP contribution in [0.2, 0.25) is 0 Å². The van der Waals surface area contributed by atoms with Crippen LogP contribution in [0.25, 0.3) is 0 Å². The summed E-state index contributed by atoms with van der Waals surface area (Å²) in [5.41, 5.74) is -2.02. The first-order valence-corrected chi connectivity index (χ1v) is 5.23. The second-order valence-corrected chi connectivity index (χ2v) is 4.17. The Morgan fingerprint density at radius 3 is 2.71 bits per heavy atom. The molecular weight excluding hydrogens is 237 g/mol. The number of aromatic nitrogens is 2. The van der Waals surface area contributed by atoms with Crippen molar-refractivity contribution in [2.75, 3.05) is 0 Å². The third-order valence-corrected chi connectivity index (χ3v) is 2.93. The highest BCUT2D eigenvalue weighted by molar-refractivity contribution is 5.87. The molecule has 1 aromatic rings. The number of alkyl halides is 3. The Kier molecular flexibility index (Phi) is 2.63. The minimum atomic E-state index is -4.72. The van der Waals surface area contributed by atoms with E-state index in [1.54, 1.807) is 6.92 Å². The summed E-state index contributed by atoms with van der Waals surface area (Å²) in [5.74, 6) is -1.50. The van der Waals surface area contributed by atoms with Gasteiger partial charge in [0.25, 0.3) is 0 Å². The number of nitrogens with zero attached hydrogens (tertiary/aromatic N) is 2. The van der Waals surface area contributed by atoms with Crippen LogP contribution in [-0.4, -0.2) is 20.6 Å². The molecule has 0 saturated carbocycles. The van der Waals surface area contributed by atoms with Gasteiger partial charge < -0.3 is 9.67 Å². The molecule has 0 radical (unpaired) electrons. The zero-order valence-electron chi connectivity index (χ0n) is 9.08. The first kappa shape index (κ1) is 11.9. The summed E-state index contributed by atoms with van der Waals surface area (Å²) >= 11 is 0. The van der Waals surface area contributed by atoms with Crippen molar-refractivity contribution in [1.82, 2.24) is 9.55 Å². The van der Waals surface area contributed by atoms with Crippen LogP contribution in [0.3, 0.4) is 0 Å². The molecule has 1 aliphatic rings. The van der Waals surface area contributed by atoms with Gasteiger partial charge in [0.05, 0.1) is 0 Å². The van der Waals surface area contributed by atoms with E-state index in [2.05, 4.69) is 4.98 Å². The largest absolute Gasteiger partial charge is 0.477 e. The highest BCUT2D eigenvalue weighted by Gasteiger charge is 2.42. The van der Waals surface area contributed by atoms with Gasteiger partial charge in [-0.25, -0.2) is 9.78 Å². The first-order chi connectivity index (χ1) is 7.82. The second-order valence-electron chi connectivity index (χ2n) is 4.17. The van der Waals surface area contributed by atoms with E-state index in [0.717, 1.165) is 6.42 Å². The third-order valence-electron chi connectivity index (χ3n) is 2.93. The van der Waals surface area contributed by atoms with Crippen molar-refractivity contribution in [3.8, 4) is 0 Å². The molecule has 0 spiro atoms. The van der Waals surface area contributed by atoms with Gasteiger partial charge in [0.1, 0.15) is 5.82 Å². The summed E-state index contributed by atoms with van der Waals surface area (Å²) < 4.78 is 39.2. The van der Waals surface area contributed by atoms with Crippen LogP contribution >= 0.6 is 0 Å². The average molecular weight is 248 g/mol. The molecular formula is C10H11F3N2O2. The van der Waals surface area contributed by atoms with Crippen LogP contribution in [0.1, 0.15) is 47.7 Å². The maximum atomic E-state index is 12.7. The molecule has 1 aliphatic heterocycles. The van der Waals surface area contributed by atoms with Gasteiger partial charge in [0, 0.05) is 12.5 Å². The fourth-order valence-corrected chi connectivity index (χ4v) is 2.17. The summed E-state index contributed by atoms with van der Waals surface area (Å²) in [6.07, 6.45) is -3.33. The minimum absolute atomic E-state index is 0.141. The number of rotatable bonds is 1. The van der Waals surface area contributed by atoms with Crippen molar-refractivity contribution in [3.05, 3.63) is 17.2 Å². The van der Waals surface area contributed by atoms with Gasteiger partial charge in [-0.3, -0.25) is 0 Å². The highest BCUT2D eigenvalue weighted by atomic mass is 19.4. The molecule has 0 amide bonds. The van der Waals surface area contributed by atoms with E-state index < -0.39 is 23.5 Å². The van der Waals surface area contributed by atoms with E-state index in [4.69, 9.17) is 5.11 Å². The molecule has 1 atom stereocenters. The summed E-state index contributed by atoms with van der Waals surface area (Å²) in [6.45, 7) is 2.04. The predicted octanol–water partition coefficient (Wildman–Crippen LogP) is 2.50. The first-order valence-electron chi connectivity index (χ1n) is 5.23. The summed E-state index contributed by atoms with van der Waals surface area (Å²) in [4.78, 5) is 14.4. The van der Waals surface area contributed by atoms with Gasteiger partial charge in [0.15, 0.2) is 11.4 Å². The predicted molar refractivity (Wildman–Crippen MR) is 51.8 cm³/mol. The van der Waals surface area contributed by atoms with Crippen LogP contribution in [0.15, 0.2) is 0 Å². The lowest BCUT2D eigenvalue weighted by atomic mass is 10.0. The van der Waals surface area contributed by atoms with Gasteiger partial charge in [0.2, 0.25) is 0 Å². The minimum Gasteiger partial charge on any atom is -0.477 e. The summed E-state index contributed by atoms with van der Waals surface area (Å²) in [5, 5.41) is 8.90. The van der Waals surface area contributed by atoms with Crippen molar-refractivity contribution in [2.45, 2.75) is 38.4 Å². The third kappa shape index (κ3) is 1.89. The second kappa shape index (κ2) is 3.75. The zero-order valence-corrected chi connectivity index (χ0v) is 9.08. The van der Waals surface area contributed by atoms with E-state index in [1.165, 1.54) is 4.57 Å². The van der Waals surface area contributed by atoms with Crippen LogP contribution < -0.4 is 0 Å². The van der Waals surface area contributed by atoms with Gasteiger partial charge in [-0.1, -0.05) is 6.92 Å². The highest BCUT2D eigenvalue weighted by Crippen LogP contribution is 2.36. The Morgan fingerprint density at radius 1 is 1.53 bits per heavy atom. The average Bonchev–Trinajstić information content (AvgIpc) is 2.57. The van der Waals surface area contributed by atoms with Crippen LogP contribution in [-0.2, 0) is 12.7 Å². The maximum absolute atomic E-state index is 12.7. The van der Waals surface area contributed by atoms with Crippen LogP contribution in [0.4, 0.5) is 13.2 Å². The zero-order chi connectivity index (χ0) is 12.8. The van der Waals surface area contributed by atoms with E-state index in [9.17, 15) is 18.0 Å². The molecule has 2 heterocycles. The van der Waals surface area contributed by atoms with E-state index in [1.807, 2.05) is 0 Å². The Morgan fingerprint density at radius 2 is 2.18 bits per heavy atom.